The molecule has 2 aromatic heterocycles. The van der Waals surface area contributed by atoms with Gasteiger partial charge in [0.1, 0.15) is 11.2 Å². The molecule has 9 aromatic rings. The number of hydrogen-bond acceptors (Lipinski definition) is 4. The second-order valence-corrected chi connectivity index (χ2v) is 12.0. The van der Waals surface area contributed by atoms with Gasteiger partial charge in [-0.3, -0.25) is 0 Å². The molecule has 0 spiro atoms. The Morgan fingerprint density at radius 3 is 1.35 bits per heavy atom. The van der Waals surface area contributed by atoms with Crippen LogP contribution in [-0.4, -0.2) is 15.0 Å². The molecule has 2 heterocycles. The molecule has 7 aromatic carbocycles. The second kappa shape index (κ2) is 12.2. The summed E-state index contributed by atoms with van der Waals surface area (Å²) < 4.78 is 6.57. The summed E-state index contributed by atoms with van der Waals surface area (Å²) in [6, 6.07) is 60.4. The molecule has 4 nitrogen and oxygen atoms in total. The summed E-state index contributed by atoms with van der Waals surface area (Å²) >= 11 is 0. The molecule has 0 radical (unpaired) electrons. The normalized spacial score (nSPS) is 11.3. The Morgan fingerprint density at radius 2 is 0.755 bits per heavy atom. The topological polar surface area (TPSA) is 51.8 Å². The second-order valence-electron chi connectivity index (χ2n) is 12.0. The van der Waals surface area contributed by atoms with Crippen molar-refractivity contribution in [1.29, 1.82) is 0 Å². The van der Waals surface area contributed by atoms with E-state index in [2.05, 4.69) is 97.1 Å². The first-order chi connectivity index (χ1) is 24.3. The zero-order valence-electron chi connectivity index (χ0n) is 26.5. The number of para-hydroxylation sites is 1. The van der Waals surface area contributed by atoms with E-state index < -0.39 is 0 Å². The van der Waals surface area contributed by atoms with E-state index >= 15 is 0 Å². The summed E-state index contributed by atoms with van der Waals surface area (Å²) in [5.41, 5.74) is 11.1. The summed E-state index contributed by atoms with van der Waals surface area (Å²) in [6.45, 7) is 0. The number of hydrogen-bond donors (Lipinski definition) is 0. The summed E-state index contributed by atoms with van der Waals surface area (Å²) in [5, 5.41) is 2.00. The minimum atomic E-state index is 0.591. The number of fused-ring (bicyclic) bond motifs is 3. The lowest BCUT2D eigenvalue weighted by Gasteiger charge is -2.16. The van der Waals surface area contributed by atoms with E-state index in [9.17, 15) is 0 Å². The molecule has 0 bridgehead atoms. The Labute approximate surface area is 284 Å². The standard InChI is InChI=1S/C45H29N3O/c1-4-16-30(17-5-1)34-22-10-12-24-36(34)37-25-13-11-23-35(37)33-28-39(42-38-26-14-15-27-40(38)49-41(42)29-33)45-47-43(31-18-6-2-7-19-31)46-44(48-45)32-20-8-3-9-21-32/h1-29H. The predicted molar refractivity (Wildman–Crippen MR) is 200 cm³/mol. The van der Waals surface area contributed by atoms with Gasteiger partial charge in [-0.2, -0.15) is 0 Å². The van der Waals surface area contributed by atoms with E-state index in [0.717, 1.165) is 60.9 Å². The van der Waals surface area contributed by atoms with Crippen LogP contribution in [0.5, 0.6) is 0 Å². The molecule has 0 fully saturated rings. The zero-order chi connectivity index (χ0) is 32.6. The van der Waals surface area contributed by atoms with Crippen LogP contribution in [0, 0.1) is 0 Å². The SMILES string of the molecule is c1ccc(-c2nc(-c3ccccc3)nc(-c3cc(-c4ccccc4-c4ccccc4-c4ccccc4)cc4oc5ccccc5c34)n2)cc1. The van der Waals surface area contributed by atoms with Crippen molar-refractivity contribution >= 4 is 21.9 Å². The molecule has 4 heteroatoms. The maximum absolute atomic E-state index is 6.57. The molecule has 49 heavy (non-hydrogen) atoms. The maximum atomic E-state index is 6.57. The van der Waals surface area contributed by atoms with E-state index in [1.807, 2.05) is 78.9 Å². The lowest BCUT2D eigenvalue weighted by atomic mass is 9.88. The van der Waals surface area contributed by atoms with E-state index in [1.54, 1.807) is 0 Å². The summed E-state index contributed by atoms with van der Waals surface area (Å²) in [6.07, 6.45) is 0. The Hall–Kier alpha value is -6.65. The molecule has 0 saturated heterocycles. The highest BCUT2D eigenvalue weighted by molar-refractivity contribution is 6.13. The van der Waals surface area contributed by atoms with Gasteiger partial charge in [0.05, 0.1) is 0 Å². The third-order valence-corrected chi connectivity index (χ3v) is 8.96. The van der Waals surface area contributed by atoms with E-state index in [-0.39, 0.29) is 0 Å². The van der Waals surface area contributed by atoms with Crippen molar-refractivity contribution in [2.45, 2.75) is 0 Å². The van der Waals surface area contributed by atoms with Gasteiger partial charge in [-0.05, 0) is 51.6 Å². The quantitative estimate of drug-likeness (QED) is 0.184. The van der Waals surface area contributed by atoms with Crippen molar-refractivity contribution in [3.63, 3.8) is 0 Å². The smallest absolute Gasteiger partial charge is 0.164 e. The van der Waals surface area contributed by atoms with Gasteiger partial charge in [0.2, 0.25) is 0 Å². The van der Waals surface area contributed by atoms with Crippen LogP contribution in [0.15, 0.2) is 180 Å². The molecule has 0 aliphatic carbocycles. The molecule has 230 valence electrons. The number of furan rings is 1. The average molecular weight is 628 g/mol. The molecular weight excluding hydrogens is 599 g/mol. The largest absolute Gasteiger partial charge is 0.456 e. The Morgan fingerprint density at radius 1 is 0.306 bits per heavy atom. The van der Waals surface area contributed by atoms with E-state index in [0.29, 0.717) is 17.5 Å². The first-order valence-corrected chi connectivity index (χ1v) is 16.4. The molecule has 0 aliphatic heterocycles. The monoisotopic (exact) mass is 627 g/mol. The van der Waals surface area contributed by atoms with Crippen LogP contribution < -0.4 is 0 Å². The minimum absolute atomic E-state index is 0.591. The van der Waals surface area contributed by atoms with Gasteiger partial charge in [0.25, 0.3) is 0 Å². The van der Waals surface area contributed by atoms with E-state index in [1.165, 1.54) is 11.1 Å². The first kappa shape index (κ1) is 28.6. The summed E-state index contributed by atoms with van der Waals surface area (Å²) in [5.74, 6) is 1.83. The molecule has 9 rings (SSSR count). The lowest BCUT2D eigenvalue weighted by Crippen LogP contribution is -2.00. The van der Waals surface area contributed by atoms with Gasteiger partial charge in [0.15, 0.2) is 17.5 Å². The Balaban J connectivity index is 1.32. The van der Waals surface area contributed by atoms with Crippen LogP contribution in [0.3, 0.4) is 0 Å². The molecule has 0 unspecified atom stereocenters. The lowest BCUT2D eigenvalue weighted by molar-refractivity contribution is 0.669. The van der Waals surface area contributed by atoms with Gasteiger partial charge in [-0.15, -0.1) is 0 Å². The van der Waals surface area contributed by atoms with Crippen molar-refractivity contribution in [3.8, 4) is 67.5 Å². The molecule has 0 saturated carbocycles. The van der Waals surface area contributed by atoms with Gasteiger partial charge in [0, 0.05) is 27.5 Å². The highest BCUT2D eigenvalue weighted by atomic mass is 16.3. The van der Waals surface area contributed by atoms with Crippen LogP contribution in [-0.2, 0) is 0 Å². The van der Waals surface area contributed by atoms with Gasteiger partial charge >= 0.3 is 0 Å². The molecule has 0 N–H and O–H groups in total. The molecular formula is C45H29N3O. The fourth-order valence-corrected chi connectivity index (χ4v) is 6.67. The number of nitrogens with zero attached hydrogens (tertiary/aromatic N) is 3. The minimum Gasteiger partial charge on any atom is -0.456 e. The molecule has 0 aliphatic rings. The van der Waals surface area contributed by atoms with Crippen molar-refractivity contribution < 1.29 is 4.42 Å². The van der Waals surface area contributed by atoms with E-state index in [4.69, 9.17) is 19.4 Å². The maximum Gasteiger partial charge on any atom is 0.164 e. The Bertz CT molecular complexity index is 2540. The predicted octanol–water partition coefficient (Wildman–Crippen LogP) is 11.8. The van der Waals surface area contributed by atoms with Gasteiger partial charge in [-0.25, -0.2) is 15.0 Å². The van der Waals surface area contributed by atoms with Gasteiger partial charge in [-0.1, -0.05) is 158 Å². The van der Waals surface area contributed by atoms with Crippen LogP contribution in [0.2, 0.25) is 0 Å². The van der Waals surface area contributed by atoms with Crippen LogP contribution in [0.25, 0.3) is 89.5 Å². The summed E-state index contributed by atoms with van der Waals surface area (Å²) in [7, 11) is 0. The highest BCUT2D eigenvalue weighted by Crippen LogP contribution is 2.43. The van der Waals surface area contributed by atoms with Gasteiger partial charge < -0.3 is 4.42 Å². The number of aromatic nitrogens is 3. The van der Waals surface area contributed by atoms with Crippen molar-refractivity contribution in [2.24, 2.45) is 0 Å². The fraction of sp³-hybridized carbons (Fsp3) is 0. The third kappa shape index (κ3) is 5.26. The Kier molecular flexibility index (Phi) is 7.10. The average Bonchev–Trinajstić information content (AvgIpc) is 3.57. The fourth-order valence-electron chi connectivity index (χ4n) is 6.67. The first-order valence-electron chi connectivity index (χ1n) is 16.4. The highest BCUT2D eigenvalue weighted by Gasteiger charge is 2.21. The van der Waals surface area contributed by atoms with Crippen molar-refractivity contribution in [2.75, 3.05) is 0 Å². The van der Waals surface area contributed by atoms with Crippen molar-refractivity contribution in [3.05, 3.63) is 176 Å². The van der Waals surface area contributed by atoms with Crippen LogP contribution >= 0.6 is 0 Å². The van der Waals surface area contributed by atoms with Crippen LogP contribution in [0.4, 0.5) is 0 Å². The molecule has 0 atom stereocenters. The molecule has 0 amide bonds. The summed E-state index contributed by atoms with van der Waals surface area (Å²) in [4.78, 5) is 15.2. The zero-order valence-corrected chi connectivity index (χ0v) is 26.5. The number of rotatable bonds is 6. The number of benzene rings is 7. The third-order valence-electron chi connectivity index (χ3n) is 8.96. The van der Waals surface area contributed by atoms with Crippen molar-refractivity contribution in [1.82, 2.24) is 15.0 Å². The van der Waals surface area contributed by atoms with Crippen LogP contribution in [0.1, 0.15) is 0 Å².